The number of hydrogen-bond acceptors (Lipinski definition) is 2. The Hall–Kier alpha value is -0.820. The Bertz CT molecular complexity index is 391. The van der Waals surface area contributed by atoms with Crippen LogP contribution in [0.5, 0.6) is 0 Å². The molecule has 4 nitrogen and oxygen atoms in total. The van der Waals surface area contributed by atoms with Crippen molar-refractivity contribution in [3.8, 4) is 0 Å². The molecule has 1 aromatic rings. The molecule has 1 aromatic carbocycles. The summed E-state index contributed by atoms with van der Waals surface area (Å²) in [5, 5.41) is 6.54. The van der Waals surface area contributed by atoms with Gasteiger partial charge in [-0.25, -0.2) is 4.99 Å². The molecule has 1 rings (SSSR count). The van der Waals surface area contributed by atoms with Crippen molar-refractivity contribution < 1.29 is 4.74 Å². The molecule has 2 N–H and O–H groups in total. The second-order valence-electron chi connectivity index (χ2n) is 4.74. The fraction of sp³-hybridized carbons (Fsp3) is 0.533. The Morgan fingerprint density at radius 1 is 1.20 bits per heavy atom. The Morgan fingerprint density at radius 2 is 1.80 bits per heavy atom. The van der Waals surface area contributed by atoms with Gasteiger partial charge in [0.2, 0.25) is 0 Å². The topological polar surface area (TPSA) is 45.7 Å². The quantitative estimate of drug-likeness (QED) is 0.445. The van der Waals surface area contributed by atoms with E-state index in [1.54, 1.807) is 7.11 Å². The molecule has 0 heterocycles. The van der Waals surface area contributed by atoms with Crippen LogP contribution in [-0.2, 0) is 17.9 Å². The summed E-state index contributed by atoms with van der Waals surface area (Å²) < 4.78 is 5.09. The number of ether oxygens (including phenoxy) is 1. The van der Waals surface area contributed by atoms with Crippen molar-refractivity contribution in [2.75, 3.05) is 13.7 Å². The van der Waals surface area contributed by atoms with Crippen molar-refractivity contribution in [1.82, 2.24) is 10.6 Å². The highest BCUT2D eigenvalue weighted by Crippen LogP contribution is 2.06. The van der Waals surface area contributed by atoms with Gasteiger partial charge in [-0.1, -0.05) is 24.3 Å². The summed E-state index contributed by atoms with van der Waals surface area (Å²) >= 11 is 0. The van der Waals surface area contributed by atoms with Crippen LogP contribution in [0.2, 0.25) is 0 Å². The fourth-order valence-electron chi connectivity index (χ4n) is 1.67. The molecule has 0 saturated carbocycles. The summed E-state index contributed by atoms with van der Waals surface area (Å²) in [6.45, 7) is 8.47. The van der Waals surface area contributed by atoms with Gasteiger partial charge in [0.1, 0.15) is 0 Å². The van der Waals surface area contributed by atoms with Crippen molar-refractivity contribution in [2.45, 2.75) is 40.0 Å². The molecule has 0 fully saturated rings. The number of halogens is 1. The van der Waals surface area contributed by atoms with E-state index in [9.17, 15) is 0 Å². The van der Waals surface area contributed by atoms with Crippen LogP contribution in [0, 0.1) is 0 Å². The zero-order chi connectivity index (χ0) is 14.1. The summed E-state index contributed by atoms with van der Waals surface area (Å²) in [6.07, 6.45) is 0. The number of aliphatic imine (C=N–C) groups is 1. The molecule has 0 bridgehead atoms. The summed E-state index contributed by atoms with van der Waals surface area (Å²) in [6, 6.07) is 8.73. The third-order valence-electron chi connectivity index (χ3n) is 2.52. The van der Waals surface area contributed by atoms with Crippen molar-refractivity contribution in [1.29, 1.82) is 0 Å². The van der Waals surface area contributed by atoms with Gasteiger partial charge in [-0.3, -0.25) is 0 Å². The first-order valence-electron chi connectivity index (χ1n) is 6.77. The molecule has 0 spiro atoms. The number of methoxy groups -OCH3 is 1. The maximum atomic E-state index is 5.09. The molecule has 114 valence electrons. The highest BCUT2D eigenvalue weighted by Gasteiger charge is 1.99. The predicted octanol–water partition coefficient (Wildman–Crippen LogP) is 2.91. The minimum absolute atomic E-state index is 0. The van der Waals surface area contributed by atoms with Crippen molar-refractivity contribution in [3.05, 3.63) is 35.4 Å². The standard InChI is InChI=1S/C15H25N3O.HI/c1-5-16-15(18-12(2)3)17-10-13-6-8-14(9-7-13)11-19-4;/h6-9,12H,5,10-11H2,1-4H3,(H2,16,17,18);1H. The molecule has 0 aromatic heterocycles. The number of guanidine groups is 1. The predicted molar refractivity (Wildman–Crippen MR) is 95.7 cm³/mol. The summed E-state index contributed by atoms with van der Waals surface area (Å²) in [5.74, 6) is 0.860. The van der Waals surface area contributed by atoms with Crippen molar-refractivity contribution >= 4 is 29.9 Å². The second kappa shape index (κ2) is 10.9. The van der Waals surface area contributed by atoms with Gasteiger partial charge in [0.15, 0.2) is 5.96 Å². The lowest BCUT2D eigenvalue weighted by Gasteiger charge is -2.13. The average Bonchev–Trinajstić information content (AvgIpc) is 2.38. The smallest absolute Gasteiger partial charge is 0.191 e. The van der Waals surface area contributed by atoms with Gasteiger partial charge in [-0.05, 0) is 31.9 Å². The van der Waals surface area contributed by atoms with E-state index in [0.717, 1.165) is 12.5 Å². The number of rotatable bonds is 6. The number of nitrogens with zero attached hydrogens (tertiary/aromatic N) is 1. The van der Waals surface area contributed by atoms with E-state index in [4.69, 9.17) is 4.74 Å². The third kappa shape index (κ3) is 7.69. The molecule has 0 saturated heterocycles. The van der Waals surface area contributed by atoms with Crippen LogP contribution in [-0.4, -0.2) is 25.7 Å². The van der Waals surface area contributed by atoms with E-state index in [-0.39, 0.29) is 24.0 Å². The molecule has 0 unspecified atom stereocenters. The van der Waals surface area contributed by atoms with Gasteiger partial charge in [-0.2, -0.15) is 0 Å². The minimum atomic E-state index is 0. The molecular formula is C15H26IN3O. The molecular weight excluding hydrogens is 365 g/mol. The van der Waals surface area contributed by atoms with Gasteiger partial charge in [0.25, 0.3) is 0 Å². The van der Waals surface area contributed by atoms with Gasteiger partial charge in [0, 0.05) is 19.7 Å². The van der Waals surface area contributed by atoms with E-state index >= 15 is 0 Å². The van der Waals surface area contributed by atoms with Crippen LogP contribution >= 0.6 is 24.0 Å². The maximum Gasteiger partial charge on any atom is 0.191 e. The molecule has 0 aliphatic carbocycles. The number of hydrogen-bond donors (Lipinski definition) is 2. The summed E-state index contributed by atoms with van der Waals surface area (Å²) in [5.41, 5.74) is 2.38. The van der Waals surface area contributed by atoms with E-state index in [1.807, 2.05) is 0 Å². The molecule has 0 radical (unpaired) electrons. The summed E-state index contributed by atoms with van der Waals surface area (Å²) in [4.78, 5) is 4.56. The number of benzene rings is 1. The van der Waals surface area contributed by atoms with Crippen LogP contribution in [0.3, 0.4) is 0 Å². The van der Waals surface area contributed by atoms with Gasteiger partial charge in [0.05, 0.1) is 13.2 Å². The van der Waals surface area contributed by atoms with Crippen LogP contribution < -0.4 is 10.6 Å². The Balaban J connectivity index is 0.00000361. The number of nitrogens with one attached hydrogen (secondary N) is 2. The first kappa shape index (κ1) is 19.2. The van der Waals surface area contributed by atoms with Crippen molar-refractivity contribution in [3.63, 3.8) is 0 Å². The highest BCUT2D eigenvalue weighted by atomic mass is 127. The second-order valence-corrected chi connectivity index (χ2v) is 4.74. The van der Waals surface area contributed by atoms with E-state index in [0.29, 0.717) is 19.2 Å². The summed E-state index contributed by atoms with van der Waals surface area (Å²) in [7, 11) is 1.71. The average molecular weight is 391 g/mol. The first-order chi connectivity index (χ1) is 9.15. The Kier molecular flexibility index (Phi) is 10.5. The fourth-order valence-corrected chi connectivity index (χ4v) is 1.67. The highest BCUT2D eigenvalue weighted by molar-refractivity contribution is 14.0. The van der Waals surface area contributed by atoms with Crippen LogP contribution in [0.4, 0.5) is 0 Å². The largest absolute Gasteiger partial charge is 0.380 e. The zero-order valence-electron chi connectivity index (χ0n) is 12.8. The first-order valence-corrected chi connectivity index (χ1v) is 6.77. The third-order valence-corrected chi connectivity index (χ3v) is 2.52. The van der Waals surface area contributed by atoms with Gasteiger partial charge >= 0.3 is 0 Å². The van der Waals surface area contributed by atoms with E-state index in [1.165, 1.54) is 11.1 Å². The van der Waals surface area contributed by atoms with Gasteiger partial charge in [-0.15, -0.1) is 24.0 Å². The van der Waals surface area contributed by atoms with E-state index in [2.05, 4.69) is 60.7 Å². The Labute approximate surface area is 139 Å². The molecule has 0 amide bonds. The van der Waals surface area contributed by atoms with Crippen molar-refractivity contribution in [2.24, 2.45) is 4.99 Å². The maximum absolute atomic E-state index is 5.09. The lowest BCUT2D eigenvalue weighted by atomic mass is 10.1. The van der Waals surface area contributed by atoms with Gasteiger partial charge < -0.3 is 15.4 Å². The molecule has 20 heavy (non-hydrogen) atoms. The molecule has 5 heteroatoms. The van der Waals surface area contributed by atoms with E-state index < -0.39 is 0 Å². The normalized spacial score (nSPS) is 11.2. The molecule has 0 atom stereocenters. The SMILES string of the molecule is CCNC(=NCc1ccc(COC)cc1)NC(C)C.I. The molecule has 0 aliphatic rings. The minimum Gasteiger partial charge on any atom is -0.380 e. The monoisotopic (exact) mass is 391 g/mol. The lowest BCUT2D eigenvalue weighted by molar-refractivity contribution is 0.185. The van der Waals surface area contributed by atoms with Crippen LogP contribution in [0.1, 0.15) is 31.9 Å². The zero-order valence-corrected chi connectivity index (χ0v) is 15.1. The molecule has 0 aliphatic heterocycles. The Morgan fingerprint density at radius 3 is 2.30 bits per heavy atom. The lowest BCUT2D eigenvalue weighted by Crippen LogP contribution is -2.40. The van der Waals surface area contributed by atoms with Crippen LogP contribution in [0.15, 0.2) is 29.3 Å². The van der Waals surface area contributed by atoms with Crippen LogP contribution in [0.25, 0.3) is 0 Å².